The SMILES string of the molecule is CC(=O)c1cc(C)cc2ncc(N3CCC3)nc12. The summed E-state index contributed by atoms with van der Waals surface area (Å²) in [7, 11) is 0. The van der Waals surface area contributed by atoms with Crippen molar-refractivity contribution in [3.8, 4) is 0 Å². The summed E-state index contributed by atoms with van der Waals surface area (Å²) in [6, 6.07) is 3.86. The monoisotopic (exact) mass is 241 g/mol. The summed E-state index contributed by atoms with van der Waals surface area (Å²) < 4.78 is 0. The summed E-state index contributed by atoms with van der Waals surface area (Å²) in [5.74, 6) is 0.916. The number of hydrogen-bond acceptors (Lipinski definition) is 4. The number of aryl methyl sites for hydroxylation is 1. The van der Waals surface area contributed by atoms with Crippen LogP contribution in [0.25, 0.3) is 11.0 Å². The Labute approximate surface area is 106 Å². The molecule has 92 valence electrons. The molecule has 0 saturated carbocycles. The molecule has 0 aliphatic carbocycles. The van der Waals surface area contributed by atoms with Crippen LogP contribution in [0, 0.1) is 6.92 Å². The Morgan fingerprint density at radius 2 is 2.11 bits per heavy atom. The number of rotatable bonds is 2. The topological polar surface area (TPSA) is 46.1 Å². The molecule has 1 fully saturated rings. The third-order valence-corrected chi connectivity index (χ3v) is 3.34. The van der Waals surface area contributed by atoms with Gasteiger partial charge in [0.05, 0.1) is 11.7 Å². The van der Waals surface area contributed by atoms with Gasteiger partial charge in [0.2, 0.25) is 0 Å². The summed E-state index contributed by atoms with van der Waals surface area (Å²) in [6.45, 7) is 5.60. The van der Waals surface area contributed by atoms with Crippen LogP contribution in [0.5, 0.6) is 0 Å². The van der Waals surface area contributed by atoms with Gasteiger partial charge in [-0.3, -0.25) is 9.78 Å². The van der Waals surface area contributed by atoms with E-state index in [1.807, 2.05) is 19.1 Å². The molecule has 1 aliphatic heterocycles. The molecule has 0 unspecified atom stereocenters. The van der Waals surface area contributed by atoms with Crippen LogP contribution < -0.4 is 4.90 Å². The number of ketones is 1. The third kappa shape index (κ3) is 1.74. The van der Waals surface area contributed by atoms with Gasteiger partial charge in [-0.1, -0.05) is 0 Å². The van der Waals surface area contributed by atoms with Crippen molar-refractivity contribution in [2.75, 3.05) is 18.0 Å². The fourth-order valence-electron chi connectivity index (χ4n) is 2.21. The normalized spacial score (nSPS) is 14.7. The molecular weight excluding hydrogens is 226 g/mol. The van der Waals surface area contributed by atoms with E-state index in [0.29, 0.717) is 5.56 Å². The predicted octanol–water partition coefficient (Wildman–Crippen LogP) is 2.35. The summed E-state index contributed by atoms with van der Waals surface area (Å²) in [5, 5.41) is 0. The van der Waals surface area contributed by atoms with Gasteiger partial charge in [0, 0.05) is 18.7 Å². The van der Waals surface area contributed by atoms with Gasteiger partial charge in [-0.05, 0) is 38.0 Å². The first kappa shape index (κ1) is 11.1. The minimum Gasteiger partial charge on any atom is -0.355 e. The molecule has 4 nitrogen and oxygen atoms in total. The second-order valence-corrected chi connectivity index (χ2v) is 4.81. The minimum absolute atomic E-state index is 0.0405. The van der Waals surface area contributed by atoms with Crippen molar-refractivity contribution in [3.63, 3.8) is 0 Å². The molecule has 0 amide bonds. The van der Waals surface area contributed by atoms with E-state index in [-0.39, 0.29) is 5.78 Å². The lowest BCUT2D eigenvalue weighted by atomic mass is 10.1. The number of aromatic nitrogens is 2. The number of benzene rings is 1. The van der Waals surface area contributed by atoms with Gasteiger partial charge in [0.1, 0.15) is 11.3 Å². The molecular formula is C14H15N3O. The first-order valence-corrected chi connectivity index (χ1v) is 6.18. The molecule has 1 saturated heterocycles. The van der Waals surface area contributed by atoms with E-state index >= 15 is 0 Å². The van der Waals surface area contributed by atoms with Gasteiger partial charge >= 0.3 is 0 Å². The van der Waals surface area contributed by atoms with Crippen molar-refractivity contribution in [2.45, 2.75) is 20.3 Å². The maximum Gasteiger partial charge on any atom is 0.162 e. The van der Waals surface area contributed by atoms with E-state index in [2.05, 4.69) is 14.9 Å². The Morgan fingerprint density at radius 1 is 1.33 bits per heavy atom. The number of fused-ring (bicyclic) bond motifs is 1. The van der Waals surface area contributed by atoms with E-state index in [1.54, 1.807) is 13.1 Å². The average Bonchev–Trinajstić information content (AvgIpc) is 2.26. The van der Waals surface area contributed by atoms with Crippen molar-refractivity contribution in [1.29, 1.82) is 0 Å². The van der Waals surface area contributed by atoms with Crippen molar-refractivity contribution >= 4 is 22.6 Å². The van der Waals surface area contributed by atoms with E-state index in [9.17, 15) is 4.79 Å². The first-order valence-electron chi connectivity index (χ1n) is 6.18. The van der Waals surface area contributed by atoms with Crippen LogP contribution >= 0.6 is 0 Å². The summed E-state index contributed by atoms with van der Waals surface area (Å²) >= 11 is 0. The zero-order valence-electron chi connectivity index (χ0n) is 10.6. The first-order chi connectivity index (χ1) is 8.65. The number of anilines is 1. The number of hydrogen-bond donors (Lipinski definition) is 0. The minimum atomic E-state index is 0.0405. The molecule has 0 spiro atoms. The summed E-state index contributed by atoms with van der Waals surface area (Å²) in [5.41, 5.74) is 3.22. The van der Waals surface area contributed by atoms with Gasteiger partial charge < -0.3 is 4.90 Å². The Morgan fingerprint density at radius 3 is 2.72 bits per heavy atom. The van der Waals surface area contributed by atoms with Crippen LogP contribution in [-0.4, -0.2) is 28.8 Å². The molecule has 2 heterocycles. The molecule has 0 radical (unpaired) electrons. The Bertz CT molecular complexity index is 632. The molecule has 0 N–H and O–H groups in total. The van der Waals surface area contributed by atoms with Gasteiger partial charge in [-0.15, -0.1) is 0 Å². The van der Waals surface area contributed by atoms with Crippen LogP contribution in [-0.2, 0) is 0 Å². The fraction of sp³-hybridized carbons (Fsp3) is 0.357. The quantitative estimate of drug-likeness (QED) is 0.757. The van der Waals surface area contributed by atoms with Gasteiger partial charge in [-0.2, -0.15) is 0 Å². The largest absolute Gasteiger partial charge is 0.355 e. The molecule has 1 aliphatic rings. The molecule has 1 aromatic heterocycles. The molecule has 18 heavy (non-hydrogen) atoms. The lowest BCUT2D eigenvalue weighted by Gasteiger charge is -2.31. The van der Waals surface area contributed by atoms with Gasteiger partial charge in [0.15, 0.2) is 5.78 Å². The van der Waals surface area contributed by atoms with Gasteiger partial charge in [0.25, 0.3) is 0 Å². The maximum absolute atomic E-state index is 11.7. The Hall–Kier alpha value is -1.97. The molecule has 4 heteroatoms. The number of nitrogens with zero attached hydrogens (tertiary/aromatic N) is 3. The second-order valence-electron chi connectivity index (χ2n) is 4.81. The zero-order valence-corrected chi connectivity index (χ0v) is 10.6. The number of carbonyl (C=O) groups is 1. The average molecular weight is 241 g/mol. The van der Waals surface area contributed by atoms with Crippen LogP contribution in [0.2, 0.25) is 0 Å². The highest BCUT2D eigenvalue weighted by Crippen LogP contribution is 2.23. The standard InChI is InChI=1S/C14H15N3O/c1-9-6-11(10(2)18)14-12(7-9)15-8-13(16-14)17-4-3-5-17/h6-8H,3-5H2,1-2H3. The van der Waals surface area contributed by atoms with E-state index in [4.69, 9.17) is 0 Å². The van der Waals surface area contributed by atoms with Crippen LogP contribution in [0.3, 0.4) is 0 Å². The summed E-state index contributed by atoms with van der Waals surface area (Å²) in [4.78, 5) is 22.9. The van der Waals surface area contributed by atoms with Crippen molar-refractivity contribution in [3.05, 3.63) is 29.5 Å². The summed E-state index contributed by atoms with van der Waals surface area (Å²) in [6.07, 6.45) is 3.00. The Balaban J connectivity index is 2.21. The fourth-order valence-corrected chi connectivity index (χ4v) is 2.21. The molecule has 2 aromatic rings. The highest BCUT2D eigenvalue weighted by Gasteiger charge is 2.18. The lowest BCUT2D eigenvalue weighted by molar-refractivity contribution is 0.101. The van der Waals surface area contributed by atoms with Crippen LogP contribution in [0.15, 0.2) is 18.3 Å². The van der Waals surface area contributed by atoms with Crippen molar-refractivity contribution in [1.82, 2.24) is 9.97 Å². The molecule has 0 atom stereocenters. The van der Waals surface area contributed by atoms with E-state index in [0.717, 1.165) is 35.5 Å². The zero-order chi connectivity index (χ0) is 12.7. The van der Waals surface area contributed by atoms with Crippen LogP contribution in [0.1, 0.15) is 29.3 Å². The van der Waals surface area contributed by atoms with Crippen molar-refractivity contribution < 1.29 is 4.79 Å². The maximum atomic E-state index is 11.7. The van der Waals surface area contributed by atoms with E-state index in [1.165, 1.54) is 6.42 Å². The van der Waals surface area contributed by atoms with E-state index < -0.39 is 0 Å². The van der Waals surface area contributed by atoms with Crippen molar-refractivity contribution in [2.24, 2.45) is 0 Å². The predicted molar refractivity (Wildman–Crippen MR) is 71.1 cm³/mol. The molecule has 0 bridgehead atoms. The number of Topliss-reactive ketones (excluding diaryl/α,β-unsaturated/α-hetero) is 1. The van der Waals surface area contributed by atoms with Gasteiger partial charge in [-0.25, -0.2) is 4.98 Å². The third-order valence-electron chi connectivity index (χ3n) is 3.34. The number of carbonyl (C=O) groups excluding carboxylic acids is 1. The smallest absolute Gasteiger partial charge is 0.162 e. The van der Waals surface area contributed by atoms with Crippen LogP contribution in [0.4, 0.5) is 5.82 Å². The lowest BCUT2D eigenvalue weighted by Crippen LogP contribution is -2.37. The molecule has 3 rings (SSSR count). The highest BCUT2D eigenvalue weighted by molar-refractivity contribution is 6.05. The Kier molecular flexibility index (Phi) is 2.51. The molecule has 1 aromatic carbocycles. The second kappa shape index (κ2) is 4.05. The highest BCUT2D eigenvalue weighted by atomic mass is 16.1.